The Hall–Kier alpha value is -2.42. The summed E-state index contributed by atoms with van der Waals surface area (Å²) in [6.07, 6.45) is 0.683. The van der Waals surface area contributed by atoms with Crippen LogP contribution in [0.4, 0.5) is 10.7 Å². The first-order valence-corrected chi connectivity index (χ1v) is 7.09. The lowest BCUT2D eigenvalue weighted by Gasteiger charge is -2.05. The fourth-order valence-electron chi connectivity index (χ4n) is 1.24. The monoisotopic (exact) mass is 293 g/mol. The van der Waals surface area contributed by atoms with Crippen LogP contribution in [0.15, 0.2) is 35.5 Å². The number of nitrogens with one attached hydrogen (secondary N) is 1. The van der Waals surface area contributed by atoms with Crippen LogP contribution in [0, 0.1) is 0 Å². The smallest absolute Gasteiger partial charge is 0.414 e. The molecule has 1 N–H and O–H groups in total. The van der Waals surface area contributed by atoms with E-state index in [9.17, 15) is 9.00 Å². The Labute approximate surface area is 117 Å². The Morgan fingerprint density at radius 1 is 1.20 bits per heavy atom. The Kier molecular flexibility index (Phi) is 4.66. The summed E-state index contributed by atoms with van der Waals surface area (Å²) < 4.78 is 16.0. The molecule has 9 heteroatoms. The predicted octanol–water partition coefficient (Wildman–Crippen LogP) is 0.753. The van der Waals surface area contributed by atoms with Crippen molar-refractivity contribution in [2.24, 2.45) is 0 Å². The van der Waals surface area contributed by atoms with Gasteiger partial charge in [-0.1, -0.05) is 30.3 Å². The standard InChI is InChI=1S/C11H11N5O3S/c1-20(18)10-15-13-9(14-16-10)12-11(17)19-7-8-5-3-2-4-6-8/h2-6H,7H2,1H3,(H,12,13,14,17). The quantitative estimate of drug-likeness (QED) is 0.886. The van der Waals surface area contributed by atoms with Gasteiger partial charge >= 0.3 is 6.09 Å². The summed E-state index contributed by atoms with van der Waals surface area (Å²) in [5, 5.41) is 16.5. The zero-order chi connectivity index (χ0) is 14.4. The van der Waals surface area contributed by atoms with Crippen molar-refractivity contribution in [3.63, 3.8) is 0 Å². The number of carbonyl (C=O) groups excluding carboxylic acids is 1. The zero-order valence-electron chi connectivity index (χ0n) is 10.5. The van der Waals surface area contributed by atoms with Gasteiger partial charge in [0.05, 0.1) is 10.8 Å². The second kappa shape index (κ2) is 6.66. The lowest BCUT2D eigenvalue weighted by Crippen LogP contribution is -2.17. The van der Waals surface area contributed by atoms with E-state index < -0.39 is 16.9 Å². The van der Waals surface area contributed by atoms with Crippen molar-refractivity contribution in [2.45, 2.75) is 11.8 Å². The third kappa shape index (κ3) is 4.05. The summed E-state index contributed by atoms with van der Waals surface area (Å²) in [6, 6.07) is 9.22. The fourth-order valence-corrected chi connectivity index (χ4v) is 1.55. The first-order chi connectivity index (χ1) is 9.65. The highest BCUT2D eigenvalue weighted by atomic mass is 32.2. The first kappa shape index (κ1) is 14.0. The summed E-state index contributed by atoms with van der Waals surface area (Å²) in [6.45, 7) is 0.130. The molecule has 2 aromatic rings. The molecule has 20 heavy (non-hydrogen) atoms. The van der Waals surface area contributed by atoms with Crippen LogP contribution in [0.3, 0.4) is 0 Å². The van der Waals surface area contributed by atoms with Crippen LogP contribution in [-0.2, 0) is 22.1 Å². The minimum atomic E-state index is -1.37. The molecule has 0 aliphatic heterocycles. The summed E-state index contributed by atoms with van der Waals surface area (Å²) in [4.78, 5) is 11.5. The molecule has 0 aliphatic carbocycles. The maximum absolute atomic E-state index is 11.5. The summed E-state index contributed by atoms with van der Waals surface area (Å²) in [5.41, 5.74) is 0.858. The topological polar surface area (TPSA) is 107 Å². The maximum Gasteiger partial charge on any atom is 0.414 e. The van der Waals surface area contributed by atoms with E-state index in [1.165, 1.54) is 6.26 Å². The van der Waals surface area contributed by atoms with Crippen molar-refractivity contribution >= 4 is 22.8 Å². The number of anilines is 1. The summed E-state index contributed by atoms with van der Waals surface area (Å²) >= 11 is 0. The molecule has 1 aromatic carbocycles. The largest absolute Gasteiger partial charge is 0.444 e. The van der Waals surface area contributed by atoms with Gasteiger partial charge in [0, 0.05) is 6.26 Å². The third-order valence-electron chi connectivity index (χ3n) is 2.14. The van der Waals surface area contributed by atoms with Crippen molar-refractivity contribution in [1.82, 2.24) is 20.4 Å². The molecule has 1 amide bonds. The Morgan fingerprint density at radius 2 is 1.85 bits per heavy atom. The highest BCUT2D eigenvalue weighted by Gasteiger charge is 2.08. The molecule has 1 unspecified atom stereocenters. The van der Waals surface area contributed by atoms with Crippen molar-refractivity contribution in [3.05, 3.63) is 35.9 Å². The number of hydrogen-bond acceptors (Lipinski definition) is 7. The maximum atomic E-state index is 11.5. The molecule has 1 atom stereocenters. The van der Waals surface area contributed by atoms with Gasteiger partial charge in [0.15, 0.2) is 0 Å². The van der Waals surface area contributed by atoms with E-state index in [-0.39, 0.29) is 17.7 Å². The summed E-state index contributed by atoms with van der Waals surface area (Å²) in [7, 11) is -1.37. The van der Waals surface area contributed by atoms with Gasteiger partial charge in [0.1, 0.15) is 6.61 Å². The number of rotatable bonds is 4. The lowest BCUT2D eigenvalue weighted by molar-refractivity contribution is 0.155. The van der Waals surface area contributed by atoms with Gasteiger partial charge in [-0.05, 0) is 5.56 Å². The number of nitrogens with zero attached hydrogens (tertiary/aromatic N) is 4. The van der Waals surface area contributed by atoms with E-state index >= 15 is 0 Å². The lowest BCUT2D eigenvalue weighted by atomic mass is 10.2. The minimum Gasteiger partial charge on any atom is -0.444 e. The normalized spacial score (nSPS) is 11.7. The molecule has 0 saturated heterocycles. The Balaban J connectivity index is 1.86. The van der Waals surface area contributed by atoms with E-state index in [2.05, 4.69) is 25.7 Å². The number of carbonyl (C=O) groups is 1. The fraction of sp³-hybridized carbons (Fsp3) is 0.182. The van der Waals surface area contributed by atoms with Gasteiger partial charge in [0.25, 0.3) is 11.1 Å². The molecule has 0 radical (unpaired) electrons. The van der Waals surface area contributed by atoms with E-state index in [1.807, 2.05) is 30.3 Å². The average molecular weight is 293 g/mol. The number of amides is 1. The van der Waals surface area contributed by atoms with E-state index in [4.69, 9.17) is 4.74 Å². The molecule has 8 nitrogen and oxygen atoms in total. The van der Waals surface area contributed by atoms with Gasteiger partial charge in [-0.3, -0.25) is 9.53 Å². The van der Waals surface area contributed by atoms with E-state index in [1.54, 1.807) is 0 Å². The second-order valence-electron chi connectivity index (χ2n) is 3.65. The van der Waals surface area contributed by atoms with Crippen LogP contribution >= 0.6 is 0 Å². The zero-order valence-corrected chi connectivity index (χ0v) is 11.3. The van der Waals surface area contributed by atoms with Crippen LogP contribution in [0.2, 0.25) is 0 Å². The number of aromatic nitrogens is 4. The number of hydrogen-bond donors (Lipinski definition) is 1. The Morgan fingerprint density at radius 3 is 2.45 bits per heavy atom. The van der Waals surface area contributed by atoms with Crippen molar-refractivity contribution < 1.29 is 13.7 Å². The van der Waals surface area contributed by atoms with E-state index in [0.29, 0.717) is 0 Å². The number of benzene rings is 1. The van der Waals surface area contributed by atoms with Gasteiger partial charge in [-0.15, -0.1) is 20.4 Å². The molecule has 104 valence electrons. The molecular formula is C11H11N5O3S. The molecule has 1 aromatic heterocycles. The van der Waals surface area contributed by atoms with Crippen molar-refractivity contribution in [3.8, 4) is 0 Å². The molecule has 0 aliphatic rings. The van der Waals surface area contributed by atoms with Gasteiger partial charge in [-0.2, -0.15) is 0 Å². The highest BCUT2D eigenvalue weighted by molar-refractivity contribution is 7.84. The van der Waals surface area contributed by atoms with Crippen LogP contribution < -0.4 is 5.32 Å². The van der Waals surface area contributed by atoms with Crippen molar-refractivity contribution in [2.75, 3.05) is 11.6 Å². The van der Waals surface area contributed by atoms with Crippen molar-refractivity contribution in [1.29, 1.82) is 0 Å². The predicted molar refractivity (Wildman–Crippen MR) is 70.2 cm³/mol. The molecule has 1 heterocycles. The minimum absolute atomic E-state index is 0.00629. The third-order valence-corrected chi connectivity index (χ3v) is 2.82. The molecule has 0 bridgehead atoms. The van der Waals surface area contributed by atoms with Gasteiger partial charge in [-0.25, -0.2) is 4.79 Å². The van der Waals surface area contributed by atoms with Gasteiger partial charge in [0.2, 0.25) is 0 Å². The Bertz CT molecular complexity index is 605. The number of ether oxygens (including phenoxy) is 1. The highest BCUT2D eigenvalue weighted by Crippen LogP contribution is 2.02. The molecule has 0 saturated carbocycles. The van der Waals surface area contributed by atoms with E-state index in [0.717, 1.165) is 5.56 Å². The second-order valence-corrected chi connectivity index (χ2v) is 4.92. The van der Waals surface area contributed by atoms with Crippen LogP contribution in [-0.4, -0.2) is 37.0 Å². The first-order valence-electron chi connectivity index (χ1n) is 5.53. The molecule has 0 fully saturated rings. The van der Waals surface area contributed by atoms with Crippen LogP contribution in [0.1, 0.15) is 5.56 Å². The van der Waals surface area contributed by atoms with Crippen LogP contribution in [0.5, 0.6) is 0 Å². The molecular weight excluding hydrogens is 282 g/mol. The molecule has 2 rings (SSSR count). The average Bonchev–Trinajstić information content (AvgIpc) is 2.47. The molecule has 0 spiro atoms. The van der Waals surface area contributed by atoms with Gasteiger partial charge < -0.3 is 4.74 Å². The summed E-state index contributed by atoms with van der Waals surface area (Å²) in [5.74, 6) is -0.114. The SMILES string of the molecule is CS(=O)c1nnc(NC(=O)OCc2ccccc2)nn1. The van der Waals surface area contributed by atoms with Crippen LogP contribution in [0.25, 0.3) is 0 Å².